The van der Waals surface area contributed by atoms with Crippen LogP contribution in [0, 0.1) is 5.41 Å². The first-order chi connectivity index (χ1) is 9.67. The average molecular weight is 296 g/mol. The fraction of sp³-hybridized carbons (Fsp3) is 0.733. The monoisotopic (exact) mass is 296 g/mol. The number of ether oxygens (including phenoxy) is 1. The fourth-order valence-corrected chi connectivity index (χ4v) is 3.20. The number of carbonyl (C=O) groups excluding carboxylic acids is 1. The molecule has 2 rings (SSSR count). The minimum atomic E-state index is -0.144. The Hall–Kier alpha value is -1.10. The summed E-state index contributed by atoms with van der Waals surface area (Å²) in [5, 5.41) is 6.46. The third-order valence-electron chi connectivity index (χ3n) is 3.79. The van der Waals surface area contributed by atoms with E-state index in [1.807, 2.05) is 12.3 Å². The molecule has 0 atom stereocenters. The number of hydrogen-bond acceptors (Lipinski definition) is 5. The van der Waals surface area contributed by atoms with E-state index in [1.54, 1.807) is 11.3 Å². The maximum absolute atomic E-state index is 11.3. The second kappa shape index (κ2) is 7.07. The Morgan fingerprint density at radius 2 is 2.30 bits per heavy atom. The molecule has 1 aliphatic rings. The van der Waals surface area contributed by atoms with Gasteiger partial charge in [-0.3, -0.25) is 4.79 Å². The lowest BCUT2D eigenvalue weighted by Gasteiger charge is -2.13. The molecule has 5 heteroatoms. The summed E-state index contributed by atoms with van der Waals surface area (Å²) < 4.78 is 4.92. The van der Waals surface area contributed by atoms with Gasteiger partial charge in [-0.05, 0) is 31.6 Å². The number of anilines is 1. The number of esters is 1. The van der Waals surface area contributed by atoms with Crippen LogP contribution in [0.1, 0.15) is 51.6 Å². The van der Waals surface area contributed by atoms with Crippen molar-refractivity contribution in [2.75, 3.05) is 18.5 Å². The molecule has 4 nitrogen and oxygen atoms in total. The minimum Gasteiger partial charge on any atom is -0.466 e. The van der Waals surface area contributed by atoms with Crippen LogP contribution in [-0.4, -0.2) is 24.1 Å². The number of carbonyl (C=O) groups is 1. The number of nitrogens with zero attached hydrogens (tertiary/aromatic N) is 1. The van der Waals surface area contributed by atoms with Crippen LogP contribution in [0.3, 0.4) is 0 Å². The van der Waals surface area contributed by atoms with Crippen LogP contribution < -0.4 is 5.32 Å². The van der Waals surface area contributed by atoms with Crippen molar-refractivity contribution in [3.8, 4) is 0 Å². The highest BCUT2D eigenvalue weighted by molar-refractivity contribution is 7.13. The van der Waals surface area contributed by atoms with Gasteiger partial charge in [-0.2, -0.15) is 0 Å². The summed E-state index contributed by atoms with van der Waals surface area (Å²) >= 11 is 1.63. The van der Waals surface area contributed by atoms with E-state index in [1.165, 1.54) is 25.7 Å². The summed E-state index contributed by atoms with van der Waals surface area (Å²) in [5.41, 5.74) is 1.51. The van der Waals surface area contributed by atoms with Gasteiger partial charge in [0.15, 0.2) is 5.13 Å². The van der Waals surface area contributed by atoms with Crippen LogP contribution in [-0.2, 0) is 16.0 Å². The number of thiazole rings is 1. The van der Waals surface area contributed by atoms with Crippen LogP contribution in [0.15, 0.2) is 5.38 Å². The lowest BCUT2D eigenvalue weighted by molar-refractivity contribution is -0.143. The quantitative estimate of drug-likeness (QED) is 0.707. The zero-order valence-electron chi connectivity index (χ0n) is 12.4. The van der Waals surface area contributed by atoms with Crippen LogP contribution in [0.2, 0.25) is 0 Å². The van der Waals surface area contributed by atoms with Gasteiger partial charge >= 0.3 is 5.97 Å². The Morgan fingerprint density at radius 3 is 2.95 bits per heavy atom. The molecule has 112 valence electrons. The fourth-order valence-electron chi connectivity index (χ4n) is 2.45. The summed E-state index contributed by atoms with van der Waals surface area (Å²) in [4.78, 5) is 15.8. The van der Waals surface area contributed by atoms with Crippen molar-refractivity contribution in [1.82, 2.24) is 4.98 Å². The predicted octanol–water partition coefficient (Wildman–Crippen LogP) is 3.63. The minimum absolute atomic E-state index is 0.144. The molecule has 20 heavy (non-hydrogen) atoms. The van der Waals surface area contributed by atoms with E-state index in [4.69, 9.17) is 4.74 Å². The first kappa shape index (κ1) is 15.3. The third kappa shape index (κ3) is 4.47. The maximum atomic E-state index is 11.3. The van der Waals surface area contributed by atoms with Gasteiger partial charge in [0, 0.05) is 18.3 Å². The predicted molar refractivity (Wildman–Crippen MR) is 82.1 cm³/mol. The summed E-state index contributed by atoms with van der Waals surface area (Å²) in [5.74, 6) is -0.144. The van der Waals surface area contributed by atoms with Crippen molar-refractivity contribution in [1.29, 1.82) is 0 Å². The Balaban J connectivity index is 1.73. The van der Waals surface area contributed by atoms with Crippen molar-refractivity contribution in [2.45, 2.75) is 52.4 Å². The van der Waals surface area contributed by atoms with Gasteiger partial charge in [-0.15, -0.1) is 11.3 Å². The molecule has 1 aromatic heterocycles. The van der Waals surface area contributed by atoms with E-state index >= 15 is 0 Å². The first-order valence-electron chi connectivity index (χ1n) is 7.51. The van der Waals surface area contributed by atoms with E-state index in [9.17, 15) is 4.79 Å². The van der Waals surface area contributed by atoms with E-state index in [2.05, 4.69) is 17.2 Å². The number of aromatic nitrogens is 1. The Labute approximate surface area is 124 Å². The normalized spacial score (nSPS) is 15.9. The summed E-state index contributed by atoms with van der Waals surface area (Å²) in [6.45, 7) is 5.55. The largest absolute Gasteiger partial charge is 0.466 e. The third-order valence-corrected chi connectivity index (χ3v) is 4.64. The Morgan fingerprint density at radius 1 is 1.50 bits per heavy atom. The number of aryl methyl sites for hydroxylation is 1. The highest BCUT2D eigenvalue weighted by atomic mass is 32.1. The smallest absolute Gasteiger partial charge is 0.306 e. The van der Waals surface area contributed by atoms with Gasteiger partial charge in [-0.1, -0.05) is 13.3 Å². The van der Waals surface area contributed by atoms with Gasteiger partial charge in [-0.25, -0.2) is 4.98 Å². The second-order valence-electron chi connectivity index (χ2n) is 5.55. The molecule has 1 aromatic rings. The SMILES string of the molecule is CCCC1(CNc2nc(CCC(=O)OCC)cs2)CC1. The molecule has 1 aliphatic carbocycles. The number of nitrogens with one attached hydrogen (secondary N) is 1. The molecule has 1 saturated carbocycles. The molecule has 0 unspecified atom stereocenters. The lowest BCUT2D eigenvalue weighted by atomic mass is 10.0. The van der Waals surface area contributed by atoms with Gasteiger partial charge in [0.05, 0.1) is 18.7 Å². The number of rotatable bonds is 9. The Kier molecular flexibility index (Phi) is 5.40. The molecule has 1 N–H and O–H groups in total. The summed E-state index contributed by atoms with van der Waals surface area (Å²) in [6, 6.07) is 0. The molecular weight excluding hydrogens is 272 g/mol. The molecule has 0 amide bonds. The van der Waals surface area contributed by atoms with Gasteiger partial charge in [0.25, 0.3) is 0 Å². The van der Waals surface area contributed by atoms with Crippen molar-refractivity contribution in [3.63, 3.8) is 0 Å². The highest BCUT2D eigenvalue weighted by Gasteiger charge is 2.41. The van der Waals surface area contributed by atoms with Crippen LogP contribution in [0.4, 0.5) is 5.13 Å². The van der Waals surface area contributed by atoms with Gasteiger partial charge < -0.3 is 10.1 Å². The summed E-state index contributed by atoms with van der Waals surface area (Å²) in [7, 11) is 0. The second-order valence-corrected chi connectivity index (χ2v) is 6.41. The lowest BCUT2D eigenvalue weighted by Crippen LogP contribution is -2.15. The van der Waals surface area contributed by atoms with Crippen molar-refractivity contribution in [3.05, 3.63) is 11.1 Å². The van der Waals surface area contributed by atoms with Gasteiger partial charge in [0.2, 0.25) is 0 Å². The topological polar surface area (TPSA) is 51.2 Å². The van der Waals surface area contributed by atoms with Gasteiger partial charge in [0.1, 0.15) is 0 Å². The molecule has 0 bridgehead atoms. The molecule has 1 fully saturated rings. The molecule has 0 aliphatic heterocycles. The maximum Gasteiger partial charge on any atom is 0.306 e. The van der Waals surface area contributed by atoms with Crippen molar-refractivity contribution in [2.24, 2.45) is 5.41 Å². The summed E-state index contributed by atoms with van der Waals surface area (Å²) in [6.07, 6.45) is 6.32. The van der Waals surface area contributed by atoms with Crippen molar-refractivity contribution >= 4 is 22.4 Å². The molecule has 0 spiro atoms. The molecule has 0 radical (unpaired) electrons. The van der Waals surface area contributed by atoms with Crippen LogP contribution >= 0.6 is 11.3 Å². The number of hydrogen-bond donors (Lipinski definition) is 1. The average Bonchev–Trinajstić information content (AvgIpc) is 3.04. The highest BCUT2D eigenvalue weighted by Crippen LogP contribution is 2.49. The zero-order valence-corrected chi connectivity index (χ0v) is 13.2. The first-order valence-corrected chi connectivity index (χ1v) is 8.39. The van der Waals surface area contributed by atoms with Crippen LogP contribution in [0.5, 0.6) is 0 Å². The van der Waals surface area contributed by atoms with Crippen molar-refractivity contribution < 1.29 is 9.53 Å². The zero-order chi connectivity index (χ0) is 14.4. The molecule has 1 heterocycles. The molecule has 0 saturated heterocycles. The van der Waals surface area contributed by atoms with E-state index in [0.29, 0.717) is 24.9 Å². The van der Waals surface area contributed by atoms with Crippen LogP contribution in [0.25, 0.3) is 0 Å². The van der Waals surface area contributed by atoms with E-state index in [-0.39, 0.29) is 5.97 Å². The molecule has 0 aromatic carbocycles. The standard InChI is InChI=1S/C15H24N2O2S/c1-3-7-15(8-9-15)11-16-14-17-12(10-20-14)5-6-13(18)19-4-2/h10H,3-9,11H2,1-2H3,(H,16,17). The molecular formula is C15H24N2O2S. The van der Waals surface area contributed by atoms with E-state index < -0.39 is 0 Å². The van der Waals surface area contributed by atoms with E-state index in [0.717, 1.165) is 17.4 Å². The Bertz CT molecular complexity index is 441.